The zero-order valence-electron chi connectivity index (χ0n) is 34.8. The summed E-state index contributed by atoms with van der Waals surface area (Å²) in [6.07, 6.45) is -4.53. The maximum atomic E-state index is 14.2. The Morgan fingerprint density at radius 3 is 2.32 bits per heavy atom. The standard InChI is InChI=1S/C42H64N2O12/c1-12-32-41(7,50)31(17-18-53-38(49)28-20-27-15-13-14-16-29(27)43-22-28)42(8,51)35(47)23(2)21-40(6,52-11)36(25(4)33(45)26(5)37(48)55-32)56-39-34(46)30(44(9)10)19-24(3)54-39/h13-16,20,22-26,30-32,34-36,39,46-47,50-51H,12,17-19,21H2,1-11H3/t23-,24-,25+,26?,30+,31+,32-,34-,35?,36-,39+,40-,41+,42?/m1/s1. The number of carbonyl (C=O) groups excluding carboxylic acids is 3. The Labute approximate surface area is 330 Å². The third-order valence-corrected chi connectivity index (χ3v) is 12.3. The second kappa shape index (κ2) is 18.2. The first-order valence-corrected chi connectivity index (χ1v) is 19.7. The van der Waals surface area contributed by atoms with Crippen molar-refractivity contribution in [3.05, 3.63) is 42.1 Å². The molecule has 2 aliphatic rings. The minimum atomic E-state index is -2.07. The first kappa shape index (κ1) is 45.6. The van der Waals surface area contributed by atoms with Crippen LogP contribution in [0.2, 0.25) is 0 Å². The van der Waals surface area contributed by atoms with Crippen LogP contribution in [-0.2, 0) is 33.3 Å². The Hall–Kier alpha value is -3.08. The van der Waals surface area contributed by atoms with E-state index in [9.17, 15) is 34.8 Å². The van der Waals surface area contributed by atoms with Gasteiger partial charge in [0.15, 0.2) is 12.1 Å². The molecular weight excluding hydrogens is 724 g/mol. The third-order valence-electron chi connectivity index (χ3n) is 12.3. The number of aliphatic hydroxyl groups is 4. The molecule has 0 bridgehead atoms. The van der Waals surface area contributed by atoms with Gasteiger partial charge in [-0.15, -0.1) is 0 Å². The predicted molar refractivity (Wildman–Crippen MR) is 207 cm³/mol. The minimum Gasteiger partial charge on any atom is -0.462 e. The average molecular weight is 789 g/mol. The van der Waals surface area contributed by atoms with Crippen LogP contribution in [0.4, 0.5) is 0 Å². The number of benzene rings is 1. The number of fused-ring (bicyclic) bond motifs is 1. The summed E-state index contributed by atoms with van der Waals surface area (Å²) in [5, 5.41) is 48.9. The second-order valence-corrected chi connectivity index (χ2v) is 16.9. The fraction of sp³-hybridized carbons (Fsp3) is 0.714. The van der Waals surface area contributed by atoms with Crippen molar-refractivity contribution < 1.29 is 58.5 Å². The van der Waals surface area contributed by atoms with E-state index in [1.807, 2.05) is 50.2 Å². The van der Waals surface area contributed by atoms with E-state index in [1.165, 1.54) is 34.1 Å². The number of ether oxygens (including phenoxy) is 5. The fourth-order valence-corrected chi connectivity index (χ4v) is 8.89. The quantitative estimate of drug-likeness (QED) is 0.212. The van der Waals surface area contributed by atoms with Crippen LogP contribution in [0, 0.1) is 23.7 Å². The molecule has 0 amide bonds. The summed E-state index contributed by atoms with van der Waals surface area (Å²) in [6.45, 7) is 12.5. The lowest BCUT2D eigenvalue weighted by atomic mass is 9.66. The lowest BCUT2D eigenvalue weighted by Gasteiger charge is -2.50. The van der Waals surface area contributed by atoms with Crippen molar-refractivity contribution in [1.82, 2.24) is 9.88 Å². The van der Waals surface area contributed by atoms with Gasteiger partial charge < -0.3 is 49.0 Å². The van der Waals surface area contributed by atoms with E-state index in [4.69, 9.17) is 23.7 Å². The zero-order valence-corrected chi connectivity index (χ0v) is 34.8. The van der Waals surface area contributed by atoms with Gasteiger partial charge >= 0.3 is 11.9 Å². The molecule has 14 heteroatoms. The molecule has 3 heterocycles. The molecule has 2 saturated heterocycles. The molecule has 14 nitrogen and oxygen atoms in total. The Balaban J connectivity index is 1.71. The molecule has 0 saturated carbocycles. The summed E-state index contributed by atoms with van der Waals surface area (Å²) >= 11 is 0. The average Bonchev–Trinajstić information content (AvgIpc) is 3.16. The third kappa shape index (κ3) is 9.61. The van der Waals surface area contributed by atoms with Crippen LogP contribution < -0.4 is 0 Å². The summed E-state index contributed by atoms with van der Waals surface area (Å²) < 4.78 is 30.3. The van der Waals surface area contributed by atoms with Gasteiger partial charge in [-0.3, -0.25) is 14.6 Å². The highest BCUT2D eigenvalue weighted by Gasteiger charge is 2.56. The van der Waals surface area contributed by atoms with E-state index in [1.54, 1.807) is 33.8 Å². The number of nitrogens with zero attached hydrogens (tertiary/aromatic N) is 2. The number of rotatable bonds is 9. The number of pyridine rings is 1. The molecule has 1 aromatic carbocycles. The van der Waals surface area contributed by atoms with Crippen LogP contribution in [0.5, 0.6) is 0 Å². The molecule has 3 unspecified atom stereocenters. The Bertz CT molecular complexity index is 1670. The largest absolute Gasteiger partial charge is 0.462 e. The number of hydrogen-bond acceptors (Lipinski definition) is 14. The molecule has 4 N–H and O–H groups in total. The van der Waals surface area contributed by atoms with Crippen LogP contribution in [0.15, 0.2) is 36.5 Å². The van der Waals surface area contributed by atoms with Gasteiger partial charge in [-0.05, 0) is 92.4 Å². The maximum Gasteiger partial charge on any atom is 0.339 e. The van der Waals surface area contributed by atoms with Crippen LogP contribution in [-0.4, -0.2) is 135 Å². The minimum absolute atomic E-state index is 0.0213. The van der Waals surface area contributed by atoms with Crippen molar-refractivity contribution in [2.75, 3.05) is 27.8 Å². The number of methoxy groups -OCH3 is 1. The Kier molecular flexibility index (Phi) is 14.9. The van der Waals surface area contributed by atoms with Gasteiger partial charge in [0, 0.05) is 36.6 Å². The number of para-hydroxylation sites is 1. The van der Waals surface area contributed by atoms with Gasteiger partial charge in [-0.1, -0.05) is 39.0 Å². The van der Waals surface area contributed by atoms with Crippen molar-refractivity contribution in [1.29, 1.82) is 0 Å². The summed E-state index contributed by atoms with van der Waals surface area (Å²) in [5.74, 6) is -6.42. The highest BCUT2D eigenvalue weighted by molar-refractivity contribution is 6.00. The monoisotopic (exact) mass is 788 g/mol. The van der Waals surface area contributed by atoms with Crippen molar-refractivity contribution in [2.24, 2.45) is 23.7 Å². The van der Waals surface area contributed by atoms with E-state index < -0.39 is 88.9 Å². The number of Topliss-reactive ketones (excluding diaryl/α,β-unsaturated/α-hetero) is 1. The van der Waals surface area contributed by atoms with Crippen molar-refractivity contribution in [3.8, 4) is 0 Å². The summed E-state index contributed by atoms with van der Waals surface area (Å²) in [6, 6.07) is 8.66. The number of cyclic esters (lactones) is 1. The van der Waals surface area contributed by atoms with Crippen molar-refractivity contribution in [3.63, 3.8) is 0 Å². The highest BCUT2D eigenvalue weighted by Crippen LogP contribution is 2.43. The Morgan fingerprint density at radius 2 is 1.70 bits per heavy atom. The molecule has 314 valence electrons. The highest BCUT2D eigenvalue weighted by atomic mass is 16.7. The number of esters is 2. The molecular formula is C42H64N2O12. The van der Waals surface area contributed by atoms with Crippen LogP contribution in [0.25, 0.3) is 10.9 Å². The summed E-state index contributed by atoms with van der Waals surface area (Å²) in [7, 11) is 5.13. The smallest absolute Gasteiger partial charge is 0.339 e. The topological polar surface area (TPSA) is 194 Å². The molecule has 0 spiro atoms. The predicted octanol–water partition coefficient (Wildman–Crippen LogP) is 3.68. The number of hydrogen-bond donors (Lipinski definition) is 4. The van der Waals surface area contributed by atoms with Crippen LogP contribution >= 0.6 is 0 Å². The molecule has 1 aromatic heterocycles. The van der Waals surface area contributed by atoms with Gasteiger partial charge in [-0.2, -0.15) is 0 Å². The van der Waals surface area contributed by atoms with E-state index in [2.05, 4.69) is 4.98 Å². The summed E-state index contributed by atoms with van der Waals surface area (Å²) in [5.41, 5.74) is -4.50. The molecule has 0 aliphatic carbocycles. The van der Waals surface area contributed by atoms with E-state index in [0.29, 0.717) is 11.9 Å². The number of ketones is 1. The molecule has 14 atom stereocenters. The molecule has 2 aliphatic heterocycles. The first-order chi connectivity index (χ1) is 26.1. The van der Waals surface area contributed by atoms with E-state index in [-0.39, 0.29) is 43.6 Å². The molecule has 2 fully saturated rings. The number of aromatic nitrogens is 1. The van der Waals surface area contributed by atoms with Gasteiger partial charge in [0.25, 0.3) is 0 Å². The van der Waals surface area contributed by atoms with Crippen molar-refractivity contribution in [2.45, 2.75) is 141 Å². The SMILES string of the molecule is CC[C@H]1OC(=O)C(C)C(=O)[C@H](C)[C@@H](O[C@@H]2O[C@H](C)C[C@H](N(C)C)[C@H]2O)[C@](C)(OC)C[C@@H](C)C(O)C(C)(O)[C@@H](CCOC(=O)c2cnc3ccccc3c2)[C@]1(C)O. The molecule has 2 aromatic rings. The maximum absolute atomic E-state index is 14.2. The Morgan fingerprint density at radius 1 is 1.04 bits per heavy atom. The number of carbonyl (C=O) groups is 3. The number of likely N-dealkylation sites (N-methyl/N-ethyl adjacent to an activating group) is 1. The lowest BCUT2D eigenvalue weighted by Crippen LogP contribution is -2.63. The fourth-order valence-electron chi connectivity index (χ4n) is 8.89. The van der Waals surface area contributed by atoms with E-state index >= 15 is 0 Å². The summed E-state index contributed by atoms with van der Waals surface area (Å²) in [4.78, 5) is 47.4. The van der Waals surface area contributed by atoms with Gasteiger partial charge in [-0.25, -0.2) is 4.79 Å². The van der Waals surface area contributed by atoms with Crippen LogP contribution in [0.1, 0.15) is 91.4 Å². The molecule has 56 heavy (non-hydrogen) atoms. The van der Waals surface area contributed by atoms with Gasteiger partial charge in [0.2, 0.25) is 0 Å². The van der Waals surface area contributed by atoms with Crippen LogP contribution in [0.3, 0.4) is 0 Å². The second-order valence-electron chi connectivity index (χ2n) is 16.9. The van der Waals surface area contributed by atoms with Gasteiger partial charge in [0.05, 0.1) is 47.2 Å². The number of aliphatic hydroxyl groups excluding tert-OH is 2. The zero-order chi connectivity index (χ0) is 41.9. The van der Waals surface area contributed by atoms with E-state index in [0.717, 1.165) is 5.39 Å². The van der Waals surface area contributed by atoms with Crippen molar-refractivity contribution >= 4 is 28.6 Å². The molecule has 0 radical (unpaired) electrons. The van der Waals surface area contributed by atoms with Gasteiger partial charge in [0.1, 0.15) is 23.7 Å². The molecule has 4 rings (SSSR count). The first-order valence-electron chi connectivity index (χ1n) is 19.7. The normalized spacial score (nSPS) is 39.2. The lowest BCUT2D eigenvalue weighted by molar-refractivity contribution is -0.297.